The first-order valence-corrected chi connectivity index (χ1v) is 8.75. The van der Waals surface area contributed by atoms with E-state index in [2.05, 4.69) is 60.3 Å². The highest BCUT2D eigenvalue weighted by molar-refractivity contribution is 14.0. The second-order valence-corrected chi connectivity index (χ2v) is 5.62. The molecule has 1 heterocycles. The van der Waals surface area contributed by atoms with E-state index in [-0.39, 0.29) is 24.0 Å². The maximum atomic E-state index is 5.40. The molecule has 0 radical (unpaired) electrons. The molecule has 1 aromatic rings. The normalized spacial score (nSPS) is 12.9. The van der Waals surface area contributed by atoms with Gasteiger partial charge in [-0.05, 0) is 26.4 Å². The average molecular weight is 451 g/mol. The van der Waals surface area contributed by atoms with Gasteiger partial charge in [0.25, 0.3) is 0 Å². The van der Waals surface area contributed by atoms with E-state index in [1.807, 2.05) is 0 Å². The molecule has 1 atom stereocenters. The largest absolute Gasteiger partial charge is 0.361 e. The molecule has 0 bridgehead atoms. The summed E-state index contributed by atoms with van der Waals surface area (Å²) in [6, 6.07) is 0.469. The first kappa shape index (κ1) is 23.2. The third-order valence-corrected chi connectivity index (χ3v) is 4.26. The van der Waals surface area contributed by atoms with E-state index in [0.29, 0.717) is 12.6 Å². The van der Waals surface area contributed by atoms with Gasteiger partial charge >= 0.3 is 0 Å². The number of aromatic nitrogens is 1. The Balaban J connectivity index is 0.00000529. The van der Waals surface area contributed by atoms with Crippen molar-refractivity contribution in [2.45, 2.75) is 60.0 Å². The first-order valence-electron chi connectivity index (χ1n) is 8.75. The quantitative estimate of drug-likeness (QED) is 0.344. The molecule has 0 spiro atoms. The highest BCUT2D eigenvalue weighted by Crippen LogP contribution is 2.15. The monoisotopic (exact) mass is 451 g/mol. The second kappa shape index (κ2) is 12.5. The van der Waals surface area contributed by atoms with Crippen LogP contribution < -0.4 is 10.6 Å². The molecule has 0 aliphatic heterocycles. The van der Waals surface area contributed by atoms with Crippen LogP contribution >= 0.6 is 24.0 Å². The number of likely N-dealkylation sites (N-methyl/N-ethyl adjacent to an activating group) is 1. The highest BCUT2D eigenvalue weighted by Gasteiger charge is 2.14. The molecule has 6 nitrogen and oxygen atoms in total. The second-order valence-electron chi connectivity index (χ2n) is 5.62. The van der Waals surface area contributed by atoms with E-state index in [4.69, 9.17) is 4.52 Å². The van der Waals surface area contributed by atoms with Crippen LogP contribution in [0.2, 0.25) is 0 Å². The summed E-state index contributed by atoms with van der Waals surface area (Å²) in [6.07, 6.45) is 1.74. The number of hydrogen-bond acceptors (Lipinski definition) is 4. The van der Waals surface area contributed by atoms with Crippen molar-refractivity contribution >= 4 is 29.9 Å². The predicted molar refractivity (Wildman–Crippen MR) is 111 cm³/mol. The van der Waals surface area contributed by atoms with E-state index in [9.17, 15) is 0 Å². The summed E-state index contributed by atoms with van der Waals surface area (Å²) in [5.74, 6) is 1.77. The molecule has 0 fully saturated rings. The molecule has 24 heavy (non-hydrogen) atoms. The third-order valence-electron chi connectivity index (χ3n) is 4.26. The van der Waals surface area contributed by atoms with E-state index >= 15 is 0 Å². The van der Waals surface area contributed by atoms with Crippen LogP contribution in [0.4, 0.5) is 0 Å². The number of rotatable bonds is 9. The van der Waals surface area contributed by atoms with Gasteiger partial charge in [-0.3, -0.25) is 9.89 Å². The van der Waals surface area contributed by atoms with Crippen molar-refractivity contribution in [3.63, 3.8) is 0 Å². The molecule has 140 valence electrons. The Morgan fingerprint density at radius 3 is 2.33 bits per heavy atom. The molecule has 1 unspecified atom stereocenters. The molecule has 2 N–H and O–H groups in total. The zero-order valence-electron chi connectivity index (χ0n) is 16.0. The molecule has 1 rings (SSSR count). The summed E-state index contributed by atoms with van der Waals surface area (Å²) in [7, 11) is 1.80. The number of guanidine groups is 1. The number of aryl methyl sites for hydroxylation is 2. The van der Waals surface area contributed by atoms with Crippen LogP contribution in [-0.2, 0) is 19.4 Å². The van der Waals surface area contributed by atoms with E-state index in [0.717, 1.165) is 55.5 Å². The fourth-order valence-electron chi connectivity index (χ4n) is 2.75. The van der Waals surface area contributed by atoms with Crippen LogP contribution in [-0.4, -0.2) is 48.7 Å². The Hall–Kier alpha value is -0.830. The Morgan fingerprint density at radius 2 is 1.83 bits per heavy atom. The summed E-state index contributed by atoms with van der Waals surface area (Å²) < 4.78 is 5.40. The summed E-state index contributed by atoms with van der Waals surface area (Å²) in [4.78, 5) is 6.73. The Morgan fingerprint density at radius 1 is 1.17 bits per heavy atom. The van der Waals surface area contributed by atoms with Crippen molar-refractivity contribution in [3.05, 3.63) is 17.0 Å². The highest BCUT2D eigenvalue weighted by atomic mass is 127. The summed E-state index contributed by atoms with van der Waals surface area (Å²) in [6.45, 7) is 14.5. The van der Waals surface area contributed by atoms with Gasteiger partial charge in [0.15, 0.2) is 5.96 Å². The molecule has 0 aromatic carbocycles. The number of hydrogen-bond donors (Lipinski definition) is 2. The van der Waals surface area contributed by atoms with Crippen LogP contribution in [0.5, 0.6) is 0 Å². The van der Waals surface area contributed by atoms with Gasteiger partial charge in [-0.15, -0.1) is 24.0 Å². The minimum absolute atomic E-state index is 0. The lowest BCUT2D eigenvalue weighted by molar-refractivity contribution is 0.231. The van der Waals surface area contributed by atoms with E-state index < -0.39 is 0 Å². The smallest absolute Gasteiger partial charge is 0.191 e. The molecular formula is C17H34IN5O. The van der Waals surface area contributed by atoms with E-state index in [1.165, 1.54) is 0 Å². The van der Waals surface area contributed by atoms with Crippen LogP contribution in [0, 0.1) is 0 Å². The van der Waals surface area contributed by atoms with Gasteiger partial charge in [-0.1, -0.05) is 32.9 Å². The lowest BCUT2D eigenvalue weighted by Crippen LogP contribution is -2.45. The Bertz CT molecular complexity index is 464. The zero-order valence-corrected chi connectivity index (χ0v) is 18.3. The fourth-order valence-corrected chi connectivity index (χ4v) is 2.75. The van der Waals surface area contributed by atoms with Crippen LogP contribution in [0.1, 0.15) is 51.6 Å². The molecule has 1 aromatic heterocycles. The van der Waals surface area contributed by atoms with Gasteiger partial charge in [0, 0.05) is 38.2 Å². The minimum Gasteiger partial charge on any atom is -0.361 e. The van der Waals surface area contributed by atoms with Gasteiger partial charge in [0.1, 0.15) is 5.76 Å². The zero-order chi connectivity index (χ0) is 17.2. The predicted octanol–water partition coefficient (Wildman–Crippen LogP) is 2.81. The minimum atomic E-state index is 0. The maximum absolute atomic E-state index is 5.40. The van der Waals surface area contributed by atoms with E-state index in [1.54, 1.807) is 7.05 Å². The number of halogens is 1. The van der Waals surface area contributed by atoms with Gasteiger partial charge < -0.3 is 15.2 Å². The molecule has 0 aliphatic carbocycles. The lowest BCUT2D eigenvalue weighted by atomic mass is 10.1. The fraction of sp³-hybridized carbons (Fsp3) is 0.765. The van der Waals surface area contributed by atoms with Crippen molar-refractivity contribution in [3.8, 4) is 0 Å². The molecular weight excluding hydrogens is 417 g/mol. The van der Waals surface area contributed by atoms with Crippen molar-refractivity contribution in [1.29, 1.82) is 0 Å². The lowest BCUT2D eigenvalue weighted by Gasteiger charge is -2.27. The van der Waals surface area contributed by atoms with Crippen molar-refractivity contribution in [2.24, 2.45) is 4.99 Å². The van der Waals surface area contributed by atoms with Gasteiger partial charge in [-0.2, -0.15) is 0 Å². The SMILES string of the molecule is CCc1noc(CC)c1CNC(=NC)NCC(C)N(CC)CC.I. The summed E-state index contributed by atoms with van der Waals surface area (Å²) in [5, 5.41) is 10.9. The molecule has 0 saturated heterocycles. The van der Waals surface area contributed by atoms with Crippen molar-refractivity contribution in [1.82, 2.24) is 20.7 Å². The van der Waals surface area contributed by atoms with Crippen molar-refractivity contribution < 1.29 is 4.52 Å². The van der Waals surface area contributed by atoms with Crippen LogP contribution in [0.25, 0.3) is 0 Å². The molecule has 0 amide bonds. The first-order chi connectivity index (χ1) is 11.1. The maximum Gasteiger partial charge on any atom is 0.191 e. The van der Waals surface area contributed by atoms with Crippen LogP contribution in [0.3, 0.4) is 0 Å². The Labute approximate surface area is 163 Å². The van der Waals surface area contributed by atoms with Gasteiger partial charge in [0.05, 0.1) is 5.69 Å². The Kier molecular flexibility index (Phi) is 12.1. The number of aliphatic imine (C=N–C) groups is 1. The van der Waals surface area contributed by atoms with Crippen LogP contribution in [0.15, 0.2) is 9.52 Å². The van der Waals surface area contributed by atoms with Gasteiger partial charge in [0.2, 0.25) is 0 Å². The molecule has 0 aliphatic rings. The topological polar surface area (TPSA) is 65.7 Å². The summed E-state index contributed by atoms with van der Waals surface area (Å²) >= 11 is 0. The number of nitrogens with one attached hydrogen (secondary N) is 2. The standard InChI is InChI=1S/C17H33N5O.HI/c1-7-15-14(16(8-2)23-21-15)12-20-17(18-6)19-11-13(5)22(9-3)10-4;/h13H,7-12H2,1-6H3,(H2,18,19,20);1H. The third kappa shape index (κ3) is 6.58. The molecule has 7 heteroatoms. The van der Waals surface area contributed by atoms with Gasteiger partial charge in [-0.25, -0.2) is 0 Å². The number of nitrogens with zero attached hydrogens (tertiary/aromatic N) is 3. The average Bonchev–Trinajstić information content (AvgIpc) is 2.98. The summed E-state index contributed by atoms with van der Waals surface area (Å²) in [5.41, 5.74) is 2.19. The van der Waals surface area contributed by atoms with Crippen molar-refractivity contribution in [2.75, 3.05) is 26.7 Å². The molecule has 0 saturated carbocycles.